The summed E-state index contributed by atoms with van der Waals surface area (Å²) in [6.45, 7) is 0.871. The maximum atomic E-state index is 11.7. The number of carbonyl (C=O) groups is 4. The number of imide groups is 2. The third-order valence-corrected chi connectivity index (χ3v) is 5.55. The second-order valence-corrected chi connectivity index (χ2v) is 7.31. The van der Waals surface area contributed by atoms with Crippen LogP contribution >= 0.6 is 24.4 Å². The number of likely N-dealkylation sites (tertiary alicyclic amines) is 1. The third kappa shape index (κ3) is 2.81. The molecule has 0 N–H and O–H groups in total. The summed E-state index contributed by atoms with van der Waals surface area (Å²) in [5, 5.41) is -0.217. The Morgan fingerprint density at radius 1 is 0.909 bits per heavy atom. The van der Waals surface area contributed by atoms with Crippen LogP contribution in [0.15, 0.2) is 11.0 Å². The molecule has 0 radical (unpaired) electrons. The average Bonchev–Trinajstić information content (AvgIpc) is 3.19. The molecule has 0 aromatic rings. The molecule has 3 aliphatic heterocycles. The maximum absolute atomic E-state index is 11.7. The van der Waals surface area contributed by atoms with E-state index < -0.39 is 0 Å². The normalized spacial score (nSPS) is 26.9. The van der Waals surface area contributed by atoms with E-state index in [4.69, 9.17) is 0 Å². The predicted molar refractivity (Wildman–Crippen MR) is 84.1 cm³/mol. The largest absolute Gasteiger partial charge is 0.281 e. The molecule has 8 heteroatoms. The summed E-state index contributed by atoms with van der Waals surface area (Å²) in [7, 11) is 0. The molecule has 0 spiro atoms. The lowest BCUT2D eigenvalue weighted by Gasteiger charge is -2.16. The van der Waals surface area contributed by atoms with Crippen LogP contribution in [0.1, 0.15) is 25.7 Å². The van der Waals surface area contributed by atoms with Crippen LogP contribution in [0.5, 0.6) is 0 Å². The Kier molecular flexibility index (Phi) is 4.31. The lowest BCUT2D eigenvalue weighted by Crippen LogP contribution is -2.34. The fourth-order valence-corrected chi connectivity index (χ4v) is 3.90. The molecule has 22 heavy (non-hydrogen) atoms. The van der Waals surface area contributed by atoms with Crippen molar-refractivity contribution in [3.8, 4) is 0 Å². The number of hydrogen-bond donors (Lipinski definition) is 1. The van der Waals surface area contributed by atoms with Gasteiger partial charge in [0.25, 0.3) is 11.8 Å². The monoisotopic (exact) mass is 340 g/mol. The quantitative estimate of drug-likeness (QED) is 0.318. The van der Waals surface area contributed by atoms with Crippen molar-refractivity contribution in [3.05, 3.63) is 11.0 Å². The van der Waals surface area contributed by atoms with Crippen molar-refractivity contribution in [2.24, 2.45) is 0 Å². The summed E-state index contributed by atoms with van der Waals surface area (Å²) >= 11 is 5.38. The lowest BCUT2D eigenvalue weighted by molar-refractivity contribution is -0.139. The highest BCUT2D eigenvalue weighted by Crippen LogP contribution is 2.48. The second-order valence-electron chi connectivity index (χ2n) is 5.54. The van der Waals surface area contributed by atoms with E-state index in [1.807, 2.05) is 0 Å². The molecule has 0 unspecified atom stereocenters. The Morgan fingerprint density at radius 2 is 1.45 bits per heavy atom. The van der Waals surface area contributed by atoms with Gasteiger partial charge in [0.15, 0.2) is 0 Å². The summed E-state index contributed by atoms with van der Waals surface area (Å²) < 4.78 is 0. The van der Waals surface area contributed by atoms with Crippen LogP contribution in [0, 0.1) is 0 Å². The Labute approximate surface area is 137 Å². The van der Waals surface area contributed by atoms with Gasteiger partial charge in [-0.05, 0) is 12.8 Å². The van der Waals surface area contributed by atoms with Crippen molar-refractivity contribution in [2.75, 3.05) is 13.1 Å². The summed E-state index contributed by atoms with van der Waals surface area (Å²) in [4.78, 5) is 49.3. The molecule has 118 valence electrons. The minimum Gasteiger partial charge on any atom is -0.281 e. The molecule has 2 atom stereocenters. The molecule has 3 aliphatic rings. The van der Waals surface area contributed by atoms with Gasteiger partial charge >= 0.3 is 0 Å². The molecule has 4 amide bonds. The van der Waals surface area contributed by atoms with Crippen LogP contribution in [0.3, 0.4) is 0 Å². The molecule has 0 aliphatic carbocycles. The van der Waals surface area contributed by atoms with Crippen LogP contribution < -0.4 is 0 Å². The standard InChI is InChI=1S/C14H16N2O4S2/c17-9-7-8(21)12(18)15(9)5-3-1-2-4-6-16-13(19)10-11(22-10)14(16)20/h7,10-11,21H,1-6H2/t10-,11+. The highest BCUT2D eigenvalue weighted by molar-refractivity contribution is 8.09. The highest BCUT2D eigenvalue weighted by Gasteiger charge is 2.59. The van der Waals surface area contributed by atoms with Gasteiger partial charge in [0.05, 0.1) is 4.91 Å². The van der Waals surface area contributed by atoms with E-state index in [0.29, 0.717) is 13.1 Å². The van der Waals surface area contributed by atoms with E-state index in [9.17, 15) is 19.2 Å². The highest BCUT2D eigenvalue weighted by atomic mass is 32.2. The van der Waals surface area contributed by atoms with E-state index in [2.05, 4.69) is 12.6 Å². The molecule has 0 aromatic heterocycles. The summed E-state index contributed by atoms with van der Waals surface area (Å²) in [6.07, 6.45) is 4.42. The van der Waals surface area contributed by atoms with Crippen molar-refractivity contribution in [1.82, 2.24) is 9.80 Å². The van der Waals surface area contributed by atoms with Gasteiger partial charge in [-0.1, -0.05) is 12.8 Å². The summed E-state index contributed by atoms with van der Waals surface area (Å²) in [6, 6.07) is 0. The first kappa shape index (κ1) is 15.6. The summed E-state index contributed by atoms with van der Waals surface area (Å²) in [5.41, 5.74) is 0. The van der Waals surface area contributed by atoms with E-state index >= 15 is 0 Å². The zero-order valence-electron chi connectivity index (χ0n) is 11.9. The minimum absolute atomic E-state index is 0.0411. The number of amides is 4. The Morgan fingerprint density at radius 3 is 1.95 bits per heavy atom. The van der Waals surface area contributed by atoms with E-state index in [-0.39, 0.29) is 39.0 Å². The first-order valence-electron chi connectivity index (χ1n) is 7.28. The lowest BCUT2D eigenvalue weighted by atomic mass is 10.2. The molecule has 0 bridgehead atoms. The van der Waals surface area contributed by atoms with Crippen molar-refractivity contribution in [2.45, 2.75) is 36.2 Å². The van der Waals surface area contributed by atoms with Crippen LogP contribution in [-0.2, 0) is 19.2 Å². The van der Waals surface area contributed by atoms with Gasteiger partial charge in [-0.2, -0.15) is 0 Å². The molecular formula is C14H16N2O4S2. The molecule has 0 saturated carbocycles. The minimum atomic E-state index is -0.335. The van der Waals surface area contributed by atoms with Gasteiger partial charge < -0.3 is 0 Å². The first-order valence-corrected chi connectivity index (χ1v) is 8.67. The van der Waals surface area contributed by atoms with Crippen LogP contribution in [0.4, 0.5) is 0 Å². The molecule has 2 saturated heterocycles. The molecular weight excluding hydrogens is 324 g/mol. The van der Waals surface area contributed by atoms with E-state index in [1.165, 1.54) is 27.6 Å². The zero-order valence-corrected chi connectivity index (χ0v) is 13.6. The van der Waals surface area contributed by atoms with Crippen LogP contribution in [0.2, 0.25) is 0 Å². The van der Waals surface area contributed by atoms with Gasteiger partial charge in [0.1, 0.15) is 10.5 Å². The van der Waals surface area contributed by atoms with Gasteiger partial charge in [0, 0.05) is 19.2 Å². The second kappa shape index (κ2) is 6.08. The third-order valence-electron chi connectivity index (χ3n) is 4.01. The number of hydrogen-bond acceptors (Lipinski definition) is 6. The number of unbranched alkanes of at least 4 members (excludes halogenated alkanes) is 3. The van der Waals surface area contributed by atoms with Crippen LogP contribution in [0.25, 0.3) is 0 Å². The number of rotatable bonds is 7. The first-order chi connectivity index (χ1) is 10.5. The molecule has 2 fully saturated rings. The Hall–Kier alpha value is -1.28. The number of nitrogens with zero attached hydrogens (tertiary/aromatic N) is 2. The number of thioether (sulfide) groups is 1. The number of fused-ring (bicyclic) bond motifs is 1. The average molecular weight is 340 g/mol. The van der Waals surface area contributed by atoms with Crippen LogP contribution in [-0.4, -0.2) is 57.0 Å². The fourth-order valence-electron chi connectivity index (χ4n) is 2.72. The van der Waals surface area contributed by atoms with Crippen molar-refractivity contribution < 1.29 is 19.2 Å². The molecule has 0 aromatic carbocycles. The van der Waals surface area contributed by atoms with Crippen molar-refractivity contribution in [1.29, 1.82) is 0 Å². The number of carbonyl (C=O) groups excluding carboxylic acids is 4. The number of thiol groups is 1. The topological polar surface area (TPSA) is 74.8 Å². The van der Waals surface area contributed by atoms with Gasteiger partial charge in [-0.15, -0.1) is 24.4 Å². The maximum Gasteiger partial charge on any atom is 0.267 e. The van der Waals surface area contributed by atoms with Gasteiger partial charge in [-0.3, -0.25) is 29.0 Å². The van der Waals surface area contributed by atoms with E-state index in [0.717, 1.165) is 25.7 Å². The molecule has 3 heterocycles. The van der Waals surface area contributed by atoms with E-state index in [1.54, 1.807) is 0 Å². The van der Waals surface area contributed by atoms with Gasteiger partial charge in [-0.25, -0.2) is 0 Å². The fraction of sp³-hybridized carbons (Fsp3) is 0.571. The Balaban J connectivity index is 1.30. The molecule has 6 nitrogen and oxygen atoms in total. The SMILES string of the molecule is O=C1C=C(S)C(=O)N1CCCCCCN1C(=O)[C@H]2S[C@H]2C1=O. The van der Waals surface area contributed by atoms with Crippen molar-refractivity contribution in [3.63, 3.8) is 0 Å². The van der Waals surface area contributed by atoms with Crippen molar-refractivity contribution >= 4 is 48.0 Å². The smallest absolute Gasteiger partial charge is 0.267 e. The molecule has 3 rings (SSSR count). The van der Waals surface area contributed by atoms with Gasteiger partial charge in [0.2, 0.25) is 11.8 Å². The zero-order chi connectivity index (χ0) is 15.9. The predicted octanol–water partition coefficient (Wildman–Crippen LogP) is 0.582. The summed E-state index contributed by atoms with van der Waals surface area (Å²) in [5.74, 6) is -0.723. The Bertz CT molecular complexity index is 563.